The average Bonchev–Trinajstić information content (AvgIpc) is 2.07. The fourth-order valence-electron chi connectivity index (χ4n) is 2.23. The second-order valence-electron chi connectivity index (χ2n) is 4.83. The summed E-state index contributed by atoms with van der Waals surface area (Å²) in [7, 11) is 0. The smallest absolute Gasteiger partial charge is 0.152 e. The van der Waals surface area contributed by atoms with Crippen LogP contribution in [0.2, 0.25) is 0 Å². The Labute approximate surface area is 90.1 Å². The molecular formula is C11H22O2S. The van der Waals surface area contributed by atoms with Gasteiger partial charge < -0.3 is 0 Å². The molecule has 0 aliphatic heterocycles. The summed E-state index contributed by atoms with van der Waals surface area (Å²) in [6.45, 7) is 6.73. The molecule has 0 bridgehead atoms. The van der Waals surface area contributed by atoms with E-state index in [0.717, 1.165) is 18.3 Å². The van der Waals surface area contributed by atoms with Crippen LogP contribution in [0.4, 0.5) is 0 Å². The predicted molar refractivity (Wildman–Crippen MR) is 60.3 cm³/mol. The largest absolute Gasteiger partial charge is 0.287 e. The maximum absolute atomic E-state index is 11.0. The Balaban J connectivity index is 2.50. The maximum atomic E-state index is 11.0. The van der Waals surface area contributed by atoms with Crippen LogP contribution in [-0.2, 0) is 15.3 Å². The fourth-order valence-corrected chi connectivity index (χ4v) is 2.84. The Kier molecular flexibility index (Phi) is 4.58. The molecule has 0 amide bonds. The minimum Gasteiger partial charge on any atom is -0.287 e. The van der Waals surface area contributed by atoms with E-state index in [0.29, 0.717) is 5.92 Å². The molecule has 0 aromatic carbocycles. The van der Waals surface area contributed by atoms with Gasteiger partial charge in [-0.3, -0.25) is 4.18 Å². The van der Waals surface area contributed by atoms with Crippen molar-refractivity contribution in [3.05, 3.63) is 0 Å². The molecule has 2 nitrogen and oxygen atoms in total. The molecule has 0 radical (unpaired) electrons. The quantitative estimate of drug-likeness (QED) is 0.728. The standard InChI is InChI=1S/C11H22O2S/c1-8(2)10-6-5-9(3)11(7-10)13-14(4)12/h8-11H,5-7H2,1-4H3/t9-,10-,11-,14?/m1/s1. The highest BCUT2D eigenvalue weighted by Gasteiger charge is 2.30. The third-order valence-electron chi connectivity index (χ3n) is 3.36. The Morgan fingerprint density at radius 3 is 2.50 bits per heavy atom. The molecule has 1 rings (SSSR count). The molecule has 3 heteroatoms. The third-order valence-corrected chi connectivity index (χ3v) is 3.88. The molecule has 14 heavy (non-hydrogen) atoms. The summed E-state index contributed by atoms with van der Waals surface area (Å²) in [5.41, 5.74) is 0. The van der Waals surface area contributed by atoms with E-state index in [-0.39, 0.29) is 6.10 Å². The van der Waals surface area contributed by atoms with E-state index in [9.17, 15) is 4.21 Å². The normalized spacial score (nSPS) is 35.9. The van der Waals surface area contributed by atoms with Gasteiger partial charge in [-0.2, -0.15) is 0 Å². The van der Waals surface area contributed by atoms with Crippen molar-refractivity contribution in [3.63, 3.8) is 0 Å². The zero-order valence-electron chi connectivity index (χ0n) is 9.66. The zero-order valence-corrected chi connectivity index (χ0v) is 10.5. The predicted octanol–water partition coefficient (Wildman–Crippen LogP) is 2.76. The van der Waals surface area contributed by atoms with Crippen molar-refractivity contribution in [1.82, 2.24) is 0 Å². The number of hydrogen-bond donors (Lipinski definition) is 0. The van der Waals surface area contributed by atoms with Gasteiger partial charge in [0.2, 0.25) is 0 Å². The van der Waals surface area contributed by atoms with E-state index in [2.05, 4.69) is 20.8 Å². The molecule has 1 saturated carbocycles. The minimum atomic E-state index is -1.11. The van der Waals surface area contributed by atoms with Gasteiger partial charge in [0, 0.05) is 6.26 Å². The van der Waals surface area contributed by atoms with Gasteiger partial charge in [0.25, 0.3) is 0 Å². The fraction of sp³-hybridized carbons (Fsp3) is 1.00. The van der Waals surface area contributed by atoms with Gasteiger partial charge in [-0.15, -0.1) is 0 Å². The molecule has 1 aliphatic rings. The van der Waals surface area contributed by atoms with Crippen LogP contribution in [0.1, 0.15) is 40.0 Å². The average molecular weight is 218 g/mol. The topological polar surface area (TPSA) is 26.3 Å². The van der Waals surface area contributed by atoms with E-state index < -0.39 is 11.1 Å². The van der Waals surface area contributed by atoms with Crippen molar-refractivity contribution < 1.29 is 8.39 Å². The van der Waals surface area contributed by atoms with Crippen LogP contribution in [0.3, 0.4) is 0 Å². The highest BCUT2D eigenvalue weighted by molar-refractivity contribution is 7.79. The van der Waals surface area contributed by atoms with Crippen molar-refractivity contribution >= 4 is 11.1 Å². The summed E-state index contributed by atoms with van der Waals surface area (Å²) < 4.78 is 16.5. The van der Waals surface area contributed by atoms with E-state index in [1.54, 1.807) is 6.26 Å². The molecule has 4 atom stereocenters. The van der Waals surface area contributed by atoms with Crippen LogP contribution in [0.15, 0.2) is 0 Å². The molecule has 1 aliphatic carbocycles. The van der Waals surface area contributed by atoms with Gasteiger partial charge in [0.15, 0.2) is 11.1 Å². The summed E-state index contributed by atoms with van der Waals surface area (Å²) in [5, 5.41) is 0. The first-order valence-electron chi connectivity index (χ1n) is 5.51. The molecule has 1 unspecified atom stereocenters. The molecule has 1 fully saturated rings. The molecule has 0 aromatic heterocycles. The molecule has 0 spiro atoms. The number of hydrogen-bond acceptors (Lipinski definition) is 2. The summed E-state index contributed by atoms with van der Waals surface area (Å²) in [6, 6.07) is 0. The Morgan fingerprint density at radius 2 is 2.00 bits per heavy atom. The Morgan fingerprint density at radius 1 is 1.36 bits per heavy atom. The van der Waals surface area contributed by atoms with Crippen LogP contribution in [0.25, 0.3) is 0 Å². The van der Waals surface area contributed by atoms with Gasteiger partial charge in [0.05, 0.1) is 6.10 Å². The van der Waals surface area contributed by atoms with Gasteiger partial charge in [-0.1, -0.05) is 20.8 Å². The van der Waals surface area contributed by atoms with Crippen molar-refractivity contribution in [3.8, 4) is 0 Å². The molecule has 0 saturated heterocycles. The molecule has 84 valence electrons. The van der Waals surface area contributed by atoms with Crippen molar-refractivity contribution in [2.24, 2.45) is 17.8 Å². The lowest BCUT2D eigenvalue weighted by molar-refractivity contribution is 0.0721. The summed E-state index contributed by atoms with van der Waals surface area (Å²) in [4.78, 5) is 0. The van der Waals surface area contributed by atoms with Crippen molar-refractivity contribution in [1.29, 1.82) is 0 Å². The van der Waals surface area contributed by atoms with Crippen LogP contribution in [0.5, 0.6) is 0 Å². The lowest BCUT2D eigenvalue weighted by atomic mass is 9.76. The lowest BCUT2D eigenvalue weighted by Crippen LogP contribution is -2.32. The van der Waals surface area contributed by atoms with Gasteiger partial charge in [-0.25, -0.2) is 4.21 Å². The molecular weight excluding hydrogens is 196 g/mol. The van der Waals surface area contributed by atoms with Crippen LogP contribution in [-0.4, -0.2) is 16.6 Å². The number of rotatable bonds is 3. The Bertz CT molecular complexity index is 203. The van der Waals surface area contributed by atoms with Gasteiger partial charge in [-0.05, 0) is 37.0 Å². The van der Waals surface area contributed by atoms with Crippen molar-refractivity contribution in [2.45, 2.75) is 46.1 Å². The van der Waals surface area contributed by atoms with E-state index in [4.69, 9.17) is 4.18 Å². The molecule has 0 aromatic rings. The van der Waals surface area contributed by atoms with E-state index >= 15 is 0 Å². The van der Waals surface area contributed by atoms with Crippen LogP contribution in [0, 0.1) is 17.8 Å². The third kappa shape index (κ3) is 3.35. The second kappa shape index (κ2) is 5.26. The Hall–Kier alpha value is 0.110. The van der Waals surface area contributed by atoms with Crippen LogP contribution >= 0.6 is 0 Å². The first-order chi connectivity index (χ1) is 6.50. The maximum Gasteiger partial charge on any atom is 0.152 e. The first-order valence-corrected chi connectivity index (χ1v) is 6.99. The first kappa shape index (κ1) is 12.2. The highest BCUT2D eigenvalue weighted by atomic mass is 32.2. The lowest BCUT2D eigenvalue weighted by Gasteiger charge is -2.35. The summed E-state index contributed by atoms with van der Waals surface area (Å²) in [5.74, 6) is 2.03. The van der Waals surface area contributed by atoms with Crippen LogP contribution < -0.4 is 0 Å². The van der Waals surface area contributed by atoms with Gasteiger partial charge >= 0.3 is 0 Å². The summed E-state index contributed by atoms with van der Waals surface area (Å²) >= 11 is -1.11. The minimum absolute atomic E-state index is 0.210. The SMILES string of the molecule is CC(C)[C@@H]1CC[C@@H](C)[C@H](OS(C)=O)C1. The zero-order chi connectivity index (χ0) is 10.7. The monoisotopic (exact) mass is 218 g/mol. The molecule has 0 heterocycles. The van der Waals surface area contributed by atoms with Gasteiger partial charge in [0.1, 0.15) is 0 Å². The second-order valence-corrected chi connectivity index (χ2v) is 5.83. The molecule has 0 N–H and O–H groups in total. The van der Waals surface area contributed by atoms with E-state index in [1.165, 1.54) is 12.8 Å². The summed E-state index contributed by atoms with van der Waals surface area (Å²) in [6.07, 6.45) is 5.42. The highest BCUT2D eigenvalue weighted by Crippen LogP contribution is 2.35. The van der Waals surface area contributed by atoms with E-state index in [1.807, 2.05) is 0 Å². The van der Waals surface area contributed by atoms with Crippen molar-refractivity contribution in [2.75, 3.05) is 6.26 Å².